The molecule has 0 radical (unpaired) electrons. The minimum Gasteiger partial charge on any atom is -0.462 e. The predicted octanol–water partition coefficient (Wildman–Crippen LogP) is 2.96. The molecular weight excluding hydrogens is 280 g/mol. The first kappa shape index (κ1) is 15.0. The molecule has 2 rings (SSSR count). The van der Waals surface area contributed by atoms with Crippen molar-refractivity contribution in [2.24, 2.45) is 0 Å². The average Bonchev–Trinajstić information content (AvgIpc) is 2.46. The summed E-state index contributed by atoms with van der Waals surface area (Å²) in [4.78, 5) is 23.5. The number of halogens is 2. The van der Waals surface area contributed by atoms with Crippen LogP contribution in [0.3, 0.4) is 0 Å². The Bertz CT molecular complexity index is 662. The first-order valence-corrected chi connectivity index (χ1v) is 6.29. The number of aryl methyl sites for hydroxylation is 1. The maximum atomic E-state index is 13.1. The molecule has 5 nitrogen and oxygen atoms in total. The molecule has 0 unspecified atom stereocenters. The molecule has 110 valence electrons. The smallest absolute Gasteiger partial charge is 0.341 e. The monoisotopic (exact) mass is 293 g/mol. The van der Waals surface area contributed by atoms with Gasteiger partial charge in [0.15, 0.2) is 5.82 Å². The van der Waals surface area contributed by atoms with Crippen LogP contribution < -0.4 is 0 Å². The zero-order chi connectivity index (χ0) is 15.4. The van der Waals surface area contributed by atoms with Gasteiger partial charge in [-0.25, -0.2) is 28.5 Å². The molecule has 0 atom stereocenters. The molecule has 2 aromatic rings. The van der Waals surface area contributed by atoms with Gasteiger partial charge in [0.1, 0.15) is 17.0 Å². The summed E-state index contributed by atoms with van der Waals surface area (Å²) in [6, 6.07) is 5.11. The summed E-state index contributed by atoms with van der Waals surface area (Å²) in [5.41, 5.74) is 0.0986. The highest BCUT2D eigenvalue weighted by atomic mass is 19.3. The number of esters is 1. The highest BCUT2D eigenvalue weighted by molar-refractivity contribution is 5.90. The Morgan fingerprint density at radius 2 is 2.10 bits per heavy atom. The van der Waals surface area contributed by atoms with Crippen molar-refractivity contribution in [2.45, 2.75) is 20.3 Å². The van der Waals surface area contributed by atoms with Gasteiger partial charge in [-0.2, -0.15) is 0 Å². The zero-order valence-corrected chi connectivity index (χ0v) is 11.5. The number of hydrogen-bond acceptors (Lipinski definition) is 5. The number of nitrogens with zero attached hydrogens (tertiary/aromatic N) is 3. The molecule has 0 saturated carbocycles. The summed E-state index contributed by atoms with van der Waals surface area (Å²) in [5, 5.41) is 0. The lowest BCUT2D eigenvalue weighted by molar-refractivity contribution is 0.0513. The summed E-state index contributed by atoms with van der Waals surface area (Å²) in [7, 11) is 0. The number of alkyl halides is 2. The van der Waals surface area contributed by atoms with Gasteiger partial charge in [-0.3, -0.25) is 0 Å². The molecule has 0 fully saturated rings. The Labute approximate surface area is 120 Å². The van der Waals surface area contributed by atoms with E-state index in [1.54, 1.807) is 32.0 Å². The third-order valence-electron chi connectivity index (χ3n) is 2.64. The first-order chi connectivity index (χ1) is 10.0. The van der Waals surface area contributed by atoms with E-state index in [-0.39, 0.29) is 18.0 Å². The van der Waals surface area contributed by atoms with Crippen molar-refractivity contribution in [3.63, 3.8) is 0 Å². The number of carbonyl (C=O) groups is 1. The molecule has 0 aromatic carbocycles. The highest BCUT2D eigenvalue weighted by Crippen LogP contribution is 2.23. The predicted molar refractivity (Wildman–Crippen MR) is 70.9 cm³/mol. The summed E-state index contributed by atoms with van der Waals surface area (Å²) >= 11 is 0. The molecule has 2 aromatic heterocycles. The lowest BCUT2D eigenvalue weighted by Crippen LogP contribution is -2.12. The Kier molecular flexibility index (Phi) is 4.52. The average molecular weight is 293 g/mol. The molecule has 0 aliphatic rings. The second kappa shape index (κ2) is 6.34. The second-order valence-electron chi connectivity index (χ2n) is 4.18. The van der Waals surface area contributed by atoms with E-state index in [4.69, 9.17) is 4.74 Å². The van der Waals surface area contributed by atoms with Gasteiger partial charge in [0, 0.05) is 11.9 Å². The van der Waals surface area contributed by atoms with Crippen LogP contribution in [0.25, 0.3) is 11.5 Å². The van der Waals surface area contributed by atoms with Crippen LogP contribution in [0.4, 0.5) is 8.78 Å². The van der Waals surface area contributed by atoms with Crippen LogP contribution in [0, 0.1) is 6.92 Å². The van der Waals surface area contributed by atoms with E-state index in [0.717, 1.165) is 6.20 Å². The van der Waals surface area contributed by atoms with Crippen LogP contribution in [0.1, 0.15) is 35.1 Å². The van der Waals surface area contributed by atoms with Gasteiger partial charge in [0.05, 0.1) is 6.61 Å². The molecule has 7 heteroatoms. The van der Waals surface area contributed by atoms with Crippen molar-refractivity contribution < 1.29 is 18.3 Å². The van der Waals surface area contributed by atoms with Gasteiger partial charge in [0.2, 0.25) is 0 Å². The Hall–Kier alpha value is -2.44. The molecular formula is C14H13F2N3O2. The van der Waals surface area contributed by atoms with Crippen molar-refractivity contribution >= 4 is 5.97 Å². The van der Waals surface area contributed by atoms with E-state index in [2.05, 4.69) is 15.0 Å². The van der Waals surface area contributed by atoms with Crippen LogP contribution in [-0.2, 0) is 4.74 Å². The highest BCUT2D eigenvalue weighted by Gasteiger charge is 2.23. The number of aromatic nitrogens is 3. The Morgan fingerprint density at radius 1 is 1.33 bits per heavy atom. The second-order valence-corrected chi connectivity index (χ2v) is 4.18. The number of rotatable bonds is 4. The topological polar surface area (TPSA) is 65.0 Å². The van der Waals surface area contributed by atoms with Gasteiger partial charge in [0.25, 0.3) is 6.43 Å². The molecule has 2 heterocycles. The SMILES string of the molecule is CCOC(=O)c1cnc(-c2cccc(C)n2)nc1C(F)F. The Balaban J connectivity index is 2.48. The lowest BCUT2D eigenvalue weighted by atomic mass is 10.2. The van der Waals surface area contributed by atoms with Crippen molar-refractivity contribution in [1.29, 1.82) is 0 Å². The maximum Gasteiger partial charge on any atom is 0.341 e. The van der Waals surface area contributed by atoms with Gasteiger partial charge in [-0.15, -0.1) is 0 Å². The third kappa shape index (κ3) is 3.36. The third-order valence-corrected chi connectivity index (χ3v) is 2.64. The minimum atomic E-state index is -2.91. The fourth-order valence-electron chi connectivity index (χ4n) is 1.72. The molecule has 0 bridgehead atoms. The Morgan fingerprint density at radius 3 is 2.71 bits per heavy atom. The van der Waals surface area contributed by atoms with E-state index in [9.17, 15) is 13.6 Å². The van der Waals surface area contributed by atoms with E-state index < -0.39 is 18.1 Å². The quantitative estimate of drug-likeness (QED) is 0.811. The van der Waals surface area contributed by atoms with Crippen molar-refractivity contribution in [1.82, 2.24) is 15.0 Å². The number of carbonyl (C=O) groups excluding carboxylic acids is 1. The van der Waals surface area contributed by atoms with E-state index >= 15 is 0 Å². The van der Waals surface area contributed by atoms with Crippen LogP contribution in [0.15, 0.2) is 24.4 Å². The first-order valence-electron chi connectivity index (χ1n) is 6.29. The largest absolute Gasteiger partial charge is 0.462 e. The molecule has 0 amide bonds. The zero-order valence-electron chi connectivity index (χ0n) is 11.5. The summed E-state index contributed by atoms with van der Waals surface area (Å²) < 4.78 is 30.9. The maximum absolute atomic E-state index is 13.1. The van der Waals surface area contributed by atoms with Crippen LogP contribution in [0.2, 0.25) is 0 Å². The molecule has 0 aliphatic carbocycles. The van der Waals surface area contributed by atoms with Gasteiger partial charge < -0.3 is 4.74 Å². The summed E-state index contributed by atoms with van der Waals surface area (Å²) in [6.45, 7) is 3.44. The fraction of sp³-hybridized carbons (Fsp3) is 0.286. The minimum absolute atomic E-state index is 0.0436. The van der Waals surface area contributed by atoms with Gasteiger partial charge in [-0.1, -0.05) is 6.07 Å². The standard InChI is InChI=1S/C14H13F2N3O2/c1-3-21-14(20)9-7-17-13(19-11(9)12(15)16)10-6-4-5-8(2)18-10/h4-7,12H,3H2,1-2H3. The summed E-state index contributed by atoms with van der Waals surface area (Å²) in [6.07, 6.45) is -1.86. The van der Waals surface area contributed by atoms with Crippen LogP contribution in [0.5, 0.6) is 0 Å². The van der Waals surface area contributed by atoms with Crippen molar-refractivity contribution in [2.75, 3.05) is 6.61 Å². The molecule has 0 N–H and O–H groups in total. The van der Waals surface area contributed by atoms with E-state index in [1.807, 2.05) is 0 Å². The normalized spacial score (nSPS) is 10.7. The van der Waals surface area contributed by atoms with Crippen molar-refractivity contribution in [3.8, 4) is 11.5 Å². The fourth-order valence-corrected chi connectivity index (χ4v) is 1.72. The van der Waals surface area contributed by atoms with Gasteiger partial charge >= 0.3 is 5.97 Å². The van der Waals surface area contributed by atoms with E-state index in [1.165, 1.54) is 0 Å². The number of pyridine rings is 1. The van der Waals surface area contributed by atoms with Crippen molar-refractivity contribution in [3.05, 3.63) is 41.3 Å². The van der Waals surface area contributed by atoms with Crippen LogP contribution >= 0.6 is 0 Å². The molecule has 0 saturated heterocycles. The molecule has 21 heavy (non-hydrogen) atoms. The lowest BCUT2D eigenvalue weighted by Gasteiger charge is -2.08. The van der Waals surface area contributed by atoms with Gasteiger partial charge in [-0.05, 0) is 26.0 Å². The van der Waals surface area contributed by atoms with E-state index in [0.29, 0.717) is 11.4 Å². The summed E-state index contributed by atoms with van der Waals surface area (Å²) in [5.74, 6) is -0.821. The number of ether oxygens (including phenoxy) is 1. The molecule has 0 spiro atoms. The molecule has 0 aliphatic heterocycles. The van der Waals surface area contributed by atoms with Crippen LogP contribution in [-0.4, -0.2) is 27.5 Å². The number of hydrogen-bond donors (Lipinski definition) is 0.